The highest BCUT2D eigenvalue weighted by Gasteiger charge is 2.21. The predicted octanol–water partition coefficient (Wildman–Crippen LogP) is 1.94. The summed E-state index contributed by atoms with van der Waals surface area (Å²) in [6, 6.07) is 0.425. The Bertz CT molecular complexity index is 232. The summed E-state index contributed by atoms with van der Waals surface area (Å²) < 4.78 is 0. The molecule has 0 saturated heterocycles. The molecule has 0 unspecified atom stereocenters. The molecule has 0 bridgehead atoms. The van der Waals surface area contributed by atoms with Crippen molar-refractivity contribution in [1.29, 1.82) is 0 Å². The van der Waals surface area contributed by atoms with Crippen LogP contribution in [0.3, 0.4) is 0 Å². The molecule has 1 aliphatic carbocycles. The van der Waals surface area contributed by atoms with Gasteiger partial charge >= 0.3 is 0 Å². The molecule has 1 aromatic rings. The Morgan fingerprint density at radius 1 is 1.31 bits per heavy atom. The summed E-state index contributed by atoms with van der Waals surface area (Å²) in [5, 5.41) is 9.14. The van der Waals surface area contributed by atoms with E-state index in [9.17, 15) is 0 Å². The molecule has 2 N–H and O–H groups in total. The maximum absolute atomic E-state index is 5.82. The molecule has 0 spiro atoms. The third-order valence-electron chi connectivity index (χ3n) is 2.50. The average Bonchev–Trinajstić information content (AvgIpc) is 2.58. The molecule has 3 nitrogen and oxygen atoms in total. The first-order valence-corrected chi connectivity index (χ1v) is 5.26. The van der Waals surface area contributed by atoms with E-state index in [1.165, 1.54) is 17.8 Å². The van der Waals surface area contributed by atoms with Crippen molar-refractivity contribution < 1.29 is 0 Å². The predicted molar refractivity (Wildman–Crippen MR) is 56.3 cm³/mol. The molecule has 1 heterocycles. The fraction of sp³-hybridized carbons (Fsp3) is 0.750. The Hall–Kier alpha value is -0.190. The monoisotopic (exact) mass is 219 g/mol. The van der Waals surface area contributed by atoms with E-state index in [4.69, 9.17) is 5.73 Å². The number of rotatable bonds is 1. The minimum absolute atomic E-state index is 0. The van der Waals surface area contributed by atoms with Crippen LogP contribution in [0.2, 0.25) is 0 Å². The van der Waals surface area contributed by atoms with Crippen molar-refractivity contribution in [1.82, 2.24) is 10.2 Å². The van der Waals surface area contributed by atoms with Crippen LogP contribution < -0.4 is 5.73 Å². The second-order valence-electron chi connectivity index (χ2n) is 3.39. The normalized spacial score (nSPS) is 28.1. The smallest absolute Gasteiger partial charge is 0.120 e. The fourth-order valence-corrected chi connectivity index (χ4v) is 2.45. The van der Waals surface area contributed by atoms with Crippen molar-refractivity contribution in [2.45, 2.75) is 37.6 Å². The number of nitrogens with two attached hydrogens (primary N) is 1. The molecule has 0 aromatic carbocycles. The highest BCUT2D eigenvalue weighted by atomic mass is 35.5. The zero-order chi connectivity index (χ0) is 8.39. The lowest BCUT2D eigenvalue weighted by Crippen LogP contribution is -2.25. The van der Waals surface area contributed by atoms with Crippen LogP contribution in [0.4, 0.5) is 0 Å². The third kappa shape index (κ3) is 2.62. The van der Waals surface area contributed by atoms with Crippen molar-refractivity contribution >= 4 is 23.7 Å². The number of hydrogen-bond donors (Lipinski definition) is 1. The molecule has 0 atom stereocenters. The maximum Gasteiger partial charge on any atom is 0.120 e. The number of aromatic nitrogens is 2. The molecule has 1 fully saturated rings. The van der Waals surface area contributed by atoms with E-state index in [1.54, 1.807) is 11.3 Å². The molecule has 0 amide bonds. The molecule has 0 radical (unpaired) electrons. The third-order valence-corrected chi connectivity index (χ3v) is 3.35. The first-order valence-electron chi connectivity index (χ1n) is 4.38. The van der Waals surface area contributed by atoms with E-state index < -0.39 is 0 Å². The van der Waals surface area contributed by atoms with E-state index in [1.807, 2.05) is 5.51 Å². The Kier molecular flexibility index (Phi) is 4.09. The van der Waals surface area contributed by atoms with Gasteiger partial charge in [0.2, 0.25) is 0 Å². The van der Waals surface area contributed by atoms with Gasteiger partial charge in [-0.1, -0.05) is 0 Å². The van der Waals surface area contributed by atoms with Gasteiger partial charge < -0.3 is 5.73 Å². The SMILES string of the molecule is Cl.NC1CCC(c2nncs2)CC1. The molecule has 13 heavy (non-hydrogen) atoms. The lowest BCUT2D eigenvalue weighted by atomic mass is 9.87. The average molecular weight is 220 g/mol. The maximum atomic E-state index is 5.82. The zero-order valence-electron chi connectivity index (χ0n) is 7.35. The van der Waals surface area contributed by atoms with Crippen LogP contribution in [-0.2, 0) is 0 Å². The van der Waals surface area contributed by atoms with Gasteiger partial charge in [-0.25, -0.2) is 0 Å². The molecule has 2 rings (SSSR count). The van der Waals surface area contributed by atoms with Crippen LogP contribution >= 0.6 is 23.7 Å². The van der Waals surface area contributed by atoms with E-state index in [-0.39, 0.29) is 12.4 Å². The molecule has 5 heteroatoms. The van der Waals surface area contributed by atoms with Crippen molar-refractivity contribution in [2.75, 3.05) is 0 Å². The Balaban J connectivity index is 0.000000845. The summed E-state index contributed by atoms with van der Waals surface area (Å²) in [6.45, 7) is 0. The number of hydrogen-bond acceptors (Lipinski definition) is 4. The highest BCUT2D eigenvalue weighted by molar-refractivity contribution is 7.09. The van der Waals surface area contributed by atoms with Crippen LogP contribution in [0.5, 0.6) is 0 Å². The van der Waals surface area contributed by atoms with Gasteiger partial charge in [-0.2, -0.15) is 0 Å². The number of halogens is 1. The Morgan fingerprint density at radius 3 is 2.54 bits per heavy atom. The minimum atomic E-state index is 0. The van der Waals surface area contributed by atoms with Gasteiger partial charge in [0.25, 0.3) is 0 Å². The van der Waals surface area contributed by atoms with Crippen LogP contribution in [0.25, 0.3) is 0 Å². The van der Waals surface area contributed by atoms with Crippen LogP contribution in [0.15, 0.2) is 5.51 Å². The van der Waals surface area contributed by atoms with Crippen molar-refractivity contribution in [2.24, 2.45) is 5.73 Å². The van der Waals surface area contributed by atoms with Crippen LogP contribution in [0.1, 0.15) is 36.6 Å². The van der Waals surface area contributed by atoms with Crippen molar-refractivity contribution in [3.05, 3.63) is 10.5 Å². The van der Waals surface area contributed by atoms with E-state index in [2.05, 4.69) is 10.2 Å². The van der Waals surface area contributed by atoms with Crippen molar-refractivity contribution in [3.63, 3.8) is 0 Å². The minimum Gasteiger partial charge on any atom is -0.328 e. The first kappa shape index (κ1) is 10.9. The second kappa shape index (κ2) is 4.88. The highest BCUT2D eigenvalue weighted by Crippen LogP contribution is 2.32. The Labute approximate surface area is 88.2 Å². The van der Waals surface area contributed by atoms with Crippen LogP contribution in [0, 0.1) is 0 Å². The van der Waals surface area contributed by atoms with Gasteiger partial charge in [-0.05, 0) is 25.7 Å². The van der Waals surface area contributed by atoms with Gasteiger partial charge in [-0.15, -0.1) is 33.9 Å². The lowest BCUT2D eigenvalue weighted by Gasteiger charge is -2.23. The van der Waals surface area contributed by atoms with E-state index in [0.29, 0.717) is 12.0 Å². The largest absolute Gasteiger partial charge is 0.328 e. The molecule has 1 aromatic heterocycles. The lowest BCUT2D eigenvalue weighted by molar-refractivity contribution is 0.393. The summed E-state index contributed by atoms with van der Waals surface area (Å²) in [5.74, 6) is 0.636. The molecule has 0 aliphatic heterocycles. The van der Waals surface area contributed by atoms with E-state index >= 15 is 0 Å². The van der Waals surface area contributed by atoms with E-state index in [0.717, 1.165) is 12.8 Å². The van der Waals surface area contributed by atoms with Crippen LogP contribution in [-0.4, -0.2) is 16.2 Å². The second-order valence-corrected chi connectivity index (χ2v) is 4.25. The first-order chi connectivity index (χ1) is 5.86. The van der Waals surface area contributed by atoms with Gasteiger partial charge in [0.1, 0.15) is 10.5 Å². The molecule has 1 aliphatic rings. The summed E-state index contributed by atoms with van der Waals surface area (Å²) in [5.41, 5.74) is 7.63. The van der Waals surface area contributed by atoms with Crippen molar-refractivity contribution in [3.8, 4) is 0 Å². The summed E-state index contributed by atoms with van der Waals surface area (Å²) in [7, 11) is 0. The standard InChI is InChI=1S/C8H13N3S.ClH/c9-7-3-1-6(2-4-7)8-11-10-5-12-8;/h5-7H,1-4,9H2;1H. The van der Waals surface area contributed by atoms with Gasteiger partial charge in [0.15, 0.2) is 0 Å². The molecule has 74 valence electrons. The summed E-state index contributed by atoms with van der Waals surface area (Å²) >= 11 is 1.67. The fourth-order valence-electron chi connectivity index (χ4n) is 1.73. The quantitative estimate of drug-likeness (QED) is 0.786. The molecule has 1 saturated carbocycles. The summed E-state index contributed by atoms with van der Waals surface area (Å²) in [4.78, 5) is 0. The number of nitrogens with zero attached hydrogens (tertiary/aromatic N) is 2. The molecular weight excluding hydrogens is 206 g/mol. The topological polar surface area (TPSA) is 51.8 Å². The zero-order valence-corrected chi connectivity index (χ0v) is 8.98. The summed E-state index contributed by atoms with van der Waals surface area (Å²) in [6.07, 6.45) is 4.67. The van der Waals surface area contributed by atoms with Gasteiger partial charge in [0.05, 0.1) is 0 Å². The van der Waals surface area contributed by atoms with Gasteiger partial charge in [-0.3, -0.25) is 0 Å². The van der Waals surface area contributed by atoms with Gasteiger partial charge in [0, 0.05) is 12.0 Å². The Morgan fingerprint density at radius 2 is 2.00 bits per heavy atom. The molecular formula is C8H14ClN3S.